The van der Waals surface area contributed by atoms with Gasteiger partial charge in [0.05, 0.1) is 14.8 Å². The molecular formula is C14H11IN2OS. The first-order valence-electron chi connectivity index (χ1n) is 5.76. The standard InChI is InChI=1S/C14H11IN2OS/c15-13-6-10(9-19-13)14(18)11-7-16-17(8-11)12-4-2-1-3-5-12/h1-9,14,18H. The predicted octanol–water partition coefficient (Wildman–Crippen LogP) is 3.62. The average molecular weight is 382 g/mol. The molecule has 1 N–H and O–H groups in total. The van der Waals surface area contributed by atoms with E-state index < -0.39 is 6.10 Å². The zero-order valence-electron chi connectivity index (χ0n) is 9.90. The minimum atomic E-state index is -0.614. The van der Waals surface area contributed by atoms with E-state index in [1.54, 1.807) is 22.2 Å². The maximum Gasteiger partial charge on any atom is 0.108 e. The summed E-state index contributed by atoms with van der Waals surface area (Å²) in [5.74, 6) is 0. The summed E-state index contributed by atoms with van der Waals surface area (Å²) in [5.41, 5.74) is 2.71. The Labute approximate surface area is 128 Å². The zero-order chi connectivity index (χ0) is 13.2. The first-order valence-corrected chi connectivity index (χ1v) is 7.72. The molecule has 1 aromatic carbocycles. The second-order valence-electron chi connectivity index (χ2n) is 4.14. The molecule has 96 valence electrons. The molecule has 0 saturated carbocycles. The molecule has 2 aromatic heterocycles. The fourth-order valence-corrected chi connectivity index (χ4v) is 3.25. The number of rotatable bonds is 3. The molecule has 5 heteroatoms. The van der Waals surface area contributed by atoms with Crippen LogP contribution in [0, 0.1) is 2.88 Å². The van der Waals surface area contributed by atoms with Crippen molar-refractivity contribution < 1.29 is 5.11 Å². The van der Waals surface area contributed by atoms with E-state index in [0.717, 1.165) is 16.8 Å². The van der Waals surface area contributed by atoms with Gasteiger partial charge in [0.2, 0.25) is 0 Å². The normalized spacial score (nSPS) is 12.5. The lowest BCUT2D eigenvalue weighted by Crippen LogP contribution is -1.97. The highest BCUT2D eigenvalue weighted by atomic mass is 127. The van der Waals surface area contributed by atoms with Gasteiger partial charge in [-0.1, -0.05) is 18.2 Å². The fraction of sp³-hybridized carbons (Fsp3) is 0.0714. The van der Waals surface area contributed by atoms with E-state index >= 15 is 0 Å². The quantitative estimate of drug-likeness (QED) is 0.703. The number of halogens is 1. The van der Waals surface area contributed by atoms with E-state index in [2.05, 4.69) is 27.7 Å². The Kier molecular flexibility index (Phi) is 3.67. The molecule has 0 saturated heterocycles. The van der Waals surface area contributed by atoms with Crippen LogP contribution in [0.2, 0.25) is 0 Å². The van der Waals surface area contributed by atoms with Gasteiger partial charge in [-0.3, -0.25) is 0 Å². The van der Waals surface area contributed by atoms with Crippen LogP contribution in [-0.4, -0.2) is 14.9 Å². The number of aliphatic hydroxyl groups is 1. The van der Waals surface area contributed by atoms with Crippen molar-refractivity contribution in [1.82, 2.24) is 9.78 Å². The van der Waals surface area contributed by atoms with E-state index in [1.807, 2.05) is 48.0 Å². The second kappa shape index (κ2) is 5.44. The number of thiophene rings is 1. The number of para-hydroxylation sites is 1. The van der Waals surface area contributed by atoms with Gasteiger partial charge in [-0.05, 0) is 51.7 Å². The Hall–Kier alpha value is -1.18. The van der Waals surface area contributed by atoms with Crippen LogP contribution in [-0.2, 0) is 0 Å². The van der Waals surface area contributed by atoms with E-state index in [1.165, 1.54) is 2.88 Å². The molecule has 0 aliphatic heterocycles. The Morgan fingerprint density at radius 3 is 2.68 bits per heavy atom. The molecular weight excluding hydrogens is 371 g/mol. The molecule has 19 heavy (non-hydrogen) atoms. The maximum absolute atomic E-state index is 10.3. The third kappa shape index (κ3) is 2.72. The summed E-state index contributed by atoms with van der Waals surface area (Å²) in [6.07, 6.45) is 2.96. The number of nitrogens with zero attached hydrogens (tertiary/aromatic N) is 2. The Morgan fingerprint density at radius 1 is 1.21 bits per heavy atom. The Balaban J connectivity index is 1.89. The van der Waals surface area contributed by atoms with Crippen molar-refractivity contribution >= 4 is 33.9 Å². The van der Waals surface area contributed by atoms with Gasteiger partial charge in [-0.15, -0.1) is 11.3 Å². The molecule has 0 spiro atoms. The van der Waals surface area contributed by atoms with E-state index in [-0.39, 0.29) is 0 Å². The third-order valence-corrected chi connectivity index (χ3v) is 4.65. The minimum absolute atomic E-state index is 0.614. The van der Waals surface area contributed by atoms with E-state index in [0.29, 0.717) is 0 Å². The molecule has 3 aromatic rings. The summed E-state index contributed by atoms with van der Waals surface area (Å²) in [6.45, 7) is 0. The summed E-state index contributed by atoms with van der Waals surface area (Å²) in [4.78, 5) is 0. The molecule has 1 unspecified atom stereocenters. The summed E-state index contributed by atoms with van der Waals surface area (Å²) in [6, 6.07) is 11.9. The van der Waals surface area contributed by atoms with Gasteiger partial charge < -0.3 is 5.11 Å². The number of benzene rings is 1. The van der Waals surface area contributed by atoms with Gasteiger partial charge in [0.15, 0.2) is 0 Å². The molecule has 1 atom stereocenters. The average Bonchev–Trinajstić information content (AvgIpc) is 3.08. The van der Waals surface area contributed by atoms with Crippen molar-refractivity contribution in [3.8, 4) is 5.69 Å². The highest BCUT2D eigenvalue weighted by Crippen LogP contribution is 2.27. The van der Waals surface area contributed by atoms with E-state index in [9.17, 15) is 5.11 Å². The van der Waals surface area contributed by atoms with Crippen molar-refractivity contribution in [3.05, 3.63) is 68.2 Å². The molecule has 2 heterocycles. The molecule has 3 nitrogen and oxygen atoms in total. The zero-order valence-corrected chi connectivity index (χ0v) is 12.9. The summed E-state index contributed by atoms with van der Waals surface area (Å²) >= 11 is 3.88. The Bertz CT molecular complexity index is 678. The summed E-state index contributed by atoms with van der Waals surface area (Å²) in [5, 5.41) is 16.6. The van der Waals surface area contributed by atoms with Crippen LogP contribution in [0.3, 0.4) is 0 Å². The van der Waals surface area contributed by atoms with Gasteiger partial charge in [-0.2, -0.15) is 5.10 Å². The molecule has 0 amide bonds. The minimum Gasteiger partial charge on any atom is -0.384 e. The molecule has 0 aliphatic rings. The van der Waals surface area contributed by atoms with E-state index in [4.69, 9.17) is 0 Å². The number of aliphatic hydroxyl groups excluding tert-OH is 1. The second-order valence-corrected chi connectivity index (χ2v) is 6.95. The SMILES string of the molecule is OC(c1csc(I)c1)c1cnn(-c2ccccc2)c1. The molecule has 0 bridgehead atoms. The van der Waals surface area contributed by atoms with Gasteiger partial charge >= 0.3 is 0 Å². The first kappa shape index (κ1) is 12.8. The molecule has 0 aliphatic carbocycles. The monoisotopic (exact) mass is 382 g/mol. The van der Waals surface area contributed by atoms with Crippen LogP contribution in [0.5, 0.6) is 0 Å². The summed E-state index contributed by atoms with van der Waals surface area (Å²) in [7, 11) is 0. The number of aromatic nitrogens is 2. The molecule has 0 fully saturated rings. The van der Waals surface area contributed by atoms with Crippen molar-refractivity contribution in [1.29, 1.82) is 0 Å². The number of hydrogen-bond donors (Lipinski definition) is 1. The van der Waals surface area contributed by atoms with Crippen LogP contribution in [0.1, 0.15) is 17.2 Å². The van der Waals surface area contributed by atoms with Gasteiger partial charge in [-0.25, -0.2) is 4.68 Å². The van der Waals surface area contributed by atoms with Crippen molar-refractivity contribution in [2.45, 2.75) is 6.10 Å². The van der Waals surface area contributed by atoms with Crippen molar-refractivity contribution in [2.75, 3.05) is 0 Å². The number of hydrogen-bond acceptors (Lipinski definition) is 3. The van der Waals surface area contributed by atoms with Crippen LogP contribution in [0.4, 0.5) is 0 Å². The van der Waals surface area contributed by atoms with Crippen LogP contribution in [0.25, 0.3) is 5.69 Å². The van der Waals surface area contributed by atoms with Gasteiger partial charge in [0, 0.05) is 11.8 Å². The lowest BCUT2D eigenvalue weighted by molar-refractivity contribution is 0.221. The van der Waals surface area contributed by atoms with Crippen molar-refractivity contribution in [3.63, 3.8) is 0 Å². The molecule has 0 radical (unpaired) electrons. The lowest BCUT2D eigenvalue weighted by atomic mass is 10.1. The highest BCUT2D eigenvalue weighted by Gasteiger charge is 2.14. The van der Waals surface area contributed by atoms with Crippen LogP contribution in [0.15, 0.2) is 54.2 Å². The smallest absolute Gasteiger partial charge is 0.108 e. The predicted molar refractivity (Wildman–Crippen MR) is 84.7 cm³/mol. The molecule has 3 rings (SSSR count). The maximum atomic E-state index is 10.3. The van der Waals surface area contributed by atoms with Crippen LogP contribution < -0.4 is 0 Å². The van der Waals surface area contributed by atoms with Gasteiger partial charge in [0.25, 0.3) is 0 Å². The topological polar surface area (TPSA) is 38.1 Å². The third-order valence-electron chi connectivity index (χ3n) is 2.84. The lowest BCUT2D eigenvalue weighted by Gasteiger charge is -2.05. The van der Waals surface area contributed by atoms with Crippen molar-refractivity contribution in [2.24, 2.45) is 0 Å². The first-order chi connectivity index (χ1) is 9.24. The highest BCUT2D eigenvalue weighted by molar-refractivity contribution is 14.1. The van der Waals surface area contributed by atoms with Crippen LogP contribution >= 0.6 is 33.9 Å². The Morgan fingerprint density at radius 2 is 2.00 bits per heavy atom. The largest absolute Gasteiger partial charge is 0.384 e. The van der Waals surface area contributed by atoms with Gasteiger partial charge in [0.1, 0.15) is 6.10 Å². The summed E-state index contributed by atoms with van der Waals surface area (Å²) < 4.78 is 2.94. The fourth-order valence-electron chi connectivity index (χ4n) is 1.86.